The molecule has 0 spiro atoms. The number of likely N-dealkylation sites (tertiary alicyclic amines) is 1. The fourth-order valence-corrected chi connectivity index (χ4v) is 7.16. The van der Waals surface area contributed by atoms with Gasteiger partial charge in [-0.3, -0.25) is 9.69 Å². The third-order valence-electron chi connectivity index (χ3n) is 7.71. The molecule has 2 fully saturated rings. The summed E-state index contributed by atoms with van der Waals surface area (Å²) in [6.07, 6.45) is 2.91. The molecule has 11 heteroatoms. The summed E-state index contributed by atoms with van der Waals surface area (Å²) in [6, 6.07) is 13.7. The van der Waals surface area contributed by atoms with Crippen LogP contribution >= 0.6 is 27.7 Å². The Morgan fingerprint density at radius 3 is 2.58 bits per heavy atom. The van der Waals surface area contributed by atoms with Crippen LogP contribution in [0.1, 0.15) is 82.0 Å². The van der Waals surface area contributed by atoms with Crippen LogP contribution in [0.25, 0.3) is 5.69 Å². The number of rotatable bonds is 6. The first-order valence-corrected chi connectivity index (χ1v) is 16.4. The minimum Gasteiger partial charge on any atom is -0.444 e. The molecule has 3 aromatic rings. The Kier molecular flexibility index (Phi) is 8.98. The highest BCUT2D eigenvalue weighted by Gasteiger charge is 2.51. The minimum absolute atomic E-state index is 0.0139. The molecule has 0 N–H and O–H groups in total. The smallest absolute Gasteiger partial charge is 0.413 e. The van der Waals surface area contributed by atoms with Gasteiger partial charge in [-0.1, -0.05) is 27.2 Å². The average molecular weight is 671 g/mol. The van der Waals surface area contributed by atoms with Gasteiger partial charge in [0.2, 0.25) is 0 Å². The number of ether oxygens (including phenoxy) is 2. The number of thioether (sulfide) groups is 1. The molecule has 2 amide bonds. The Balaban J connectivity index is 1.40. The normalized spacial score (nSPS) is 21.8. The van der Waals surface area contributed by atoms with Gasteiger partial charge >= 0.3 is 6.09 Å². The average Bonchev–Trinajstić information content (AvgIpc) is 3.64. The molecule has 0 aliphatic carbocycles. The summed E-state index contributed by atoms with van der Waals surface area (Å²) in [5.41, 5.74) is 1.23. The second kappa shape index (κ2) is 12.2. The van der Waals surface area contributed by atoms with Crippen molar-refractivity contribution in [3.63, 3.8) is 0 Å². The van der Waals surface area contributed by atoms with Gasteiger partial charge < -0.3 is 14.4 Å². The van der Waals surface area contributed by atoms with Crippen LogP contribution in [-0.4, -0.2) is 72.6 Å². The fraction of sp³-hybridized carbons (Fsp3) is 0.500. The molecular weight excluding hydrogens is 630 g/mol. The van der Waals surface area contributed by atoms with Crippen LogP contribution in [0.3, 0.4) is 0 Å². The van der Waals surface area contributed by atoms with Gasteiger partial charge in [0, 0.05) is 27.7 Å². The van der Waals surface area contributed by atoms with E-state index in [0.717, 1.165) is 35.2 Å². The number of nitrogens with zero attached hydrogens (tertiary/aromatic N) is 5. The summed E-state index contributed by atoms with van der Waals surface area (Å²) in [4.78, 5) is 32.1. The van der Waals surface area contributed by atoms with E-state index in [-0.39, 0.29) is 18.1 Å². The van der Waals surface area contributed by atoms with E-state index in [1.165, 1.54) is 4.90 Å². The molecule has 3 atom stereocenters. The lowest BCUT2D eigenvalue weighted by atomic mass is 10.1. The summed E-state index contributed by atoms with van der Waals surface area (Å²) in [7, 11) is 0. The predicted octanol–water partition coefficient (Wildman–Crippen LogP) is 7.17. The number of hydrogen-bond acceptors (Lipinski definition) is 7. The van der Waals surface area contributed by atoms with Crippen LogP contribution in [0.4, 0.5) is 4.79 Å². The quantitative estimate of drug-likeness (QED) is 0.257. The summed E-state index contributed by atoms with van der Waals surface area (Å²) >= 11 is 5.27. The van der Waals surface area contributed by atoms with Gasteiger partial charge in [0.25, 0.3) is 5.91 Å². The maximum atomic E-state index is 14.1. The first kappa shape index (κ1) is 31.5. The lowest BCUT2D eigenvalue weighted by Gasteiger charge is -2.34. The molecule has 2 aliphatic rings. The molecule has 3 heterocycles. The molecule has 1 aromatic heterocycles. The van der Waals surface area contributed by atoms with E-state index in [1.807, 2.05) is 83.7 Å². The lowest BCUT2D eigenvalue weighted by molar-refractivity contribution is -0.0757. The number of carbonyl (C=O) groups excluding carboxylic acids is 2. The monoisotopic (exact) mass is 669 g/mol. The molecule has 2 saturated heterocycles. The first-order valence-electron chi connectivity index (χ1n) is 14.7. The molecule has 2 aromatic carbocycles. The molecule has 9 nitrogen and oxygen atoms in total. The summed E-state index contributed by atoms with van der Waals surface area (Å²) in [5.74, 6) is 0.817. The minimum atomic E-state index is -0.903. The molecule has 2 aliphatic heterocycles. The molecular formula is C32H40BrN5O4S. The second-order valence-electron chi connectivity index (χ2n) is 12.7. The van der Waals surface area contributed by atoms with Crippen molar-refractivity contribution < 1.29 is 19.1 Å². The van der Waals surface area contributed by atoms with Crippen molar-refractivity contribution in [3.8, 4) is 5.69 Å². The summed E-state index contributed by atoms with van der Waals surface area (Å²) < 4.78 is 14.6. The Hall–Kier alpha value is -2.89. The number of benzene rings is 2. The van der Waals surface area contributed by atoms with E-state index in [9.17, 15) is 9.59 Å². The van der Waals surface area contributed by atoms with E-state index in [0.29, 0.717) is 16.9 Å². The Morgan fingerprint density at radius 1 is 1.16 bits per heavy atom. The molecule has 0 radical (unpaired) electrons. The van der Waals surface area contributed by atoms with Crippen LogP contribution in [0.2, 0.25) is 0 Å². The van der Waals surface area contributed by atoms with Crippen LogP contribution in [-0.2, 0) is 9.47 Å². The van der Waals surface area contributed by atoms with Crippen molar-refractivity contribution in [3.05, 3.63) is 70.0 Å². The van der Waals surface area contributed by atoms with Gasteiger partial charge in [0.05, 0.1) is 23.6 Å². The molecule has 0 saturated carbocycles. The third-order valence-corrected chi connectivity index (χ3v) is 9.39. The maximum Gasteiger partial charge on any atom is 0.413 e. The van der Waals surface area contributed by atoms with Crippen LogP contribution in [0.15, 0.2) is 58.0 Å². The summed E-state index contributed by atoms with van der Waals surface area (Å²) in [5, 5.41) is 8.93. The largest absolute Gasteiger partial charge is 0.444 e. The number of aromatic nitrogens is 3. The standard InChI is InChI=1S/C32H40BrN5O4S/c1-20-10-15-25(29(39)36-16-8-9-23(36)19-43-24-13-11-22(33)12-14-24)27(17-20)37-18-26(34-35-37)28-21(2)41-32(6,7)38(28)30(40)42-31(3,4)5/h10-15,17-18,21,23,28H,8-9,16,19H2,1-7H3/t21-,23?,28+/m1/s1. The zero-order valence-electron chi connectivity index (χ0n) is 25.8. The number of amides is 2. The molecule has 230 valence electrons. The van der Waals surface area contributed by atoms with Crippen molar-refractivity contribution in [2.45, 2.75) is 95.7 Å². The van der Waals surface area contributed by atoms with Crippen molar-refractivity contribution in [1.82, 2.24) is 24.8 Å². The summed E-state index contributed by atoms with van der Waals surface area (Å²) in [6.45, 7) is 13.8. The Labute approximate surface area is 266 Å². The predicted molar refractivity (Wildman–Crippen MR) is 170 cm³/mol. The van der Waals surface area contributed by atoms with Gasteiger partial charge in [-0.25, -0.2) is 9.48 Å². The van der Waals surface area contributed by atoms with Gasteiger partial charge in [-0.2, -0.15) is 0 Å². The number of carbonyl (C=O) groups is 2. The zero-order valence-corrected chi connectivity index (χ0v) is 28.2. The van der Waals surface area contributed by atoms with Gasteiger partial charge in [-0.05, 0) is 103 Å². The number of aryl methyl sites for hydroxylation is 1. The SMILES string of the molecule is Cc1ccc(C(=O)N2CCCC2CSc2ccc(Br)cc2)c(-n2cc([C@@H]3[C@@H](C)OC(C)(C)N3C(=O)OC(C)(C)C)nn2)c1. The highest BCUT2D eigenvalue weighted by Crippen LogP contribution is 2.42. The zero-order chi connectivity index (χ0) is 31.1. The van der Waals surface area contributed by atoms with Crippen LogP contribution in [0.5, 0.6) is 0 Å². The van der Waals surface area contributed by atoms with E-state index in [1.54, 1.807) is 27.5 Å². The topological polar surface area (TPSA) is 89.8 Å². The van der Waals surface area contributed by atoms with Crippen LogP contribution in [0, 0.1) is 6.92 Å². The highest BCUT2D eigenvalue weighted by atomic mass is 79.9. The van der Waals surface area contributed by atoms with Crippen molar-refractivity contribution >= 4 is 39.7 Å². The van der Waals surface area contributed by atoms with Crippen molar-refractivity contribution in [1.29, 1.82) is 0 Å². The Morgan fingerprint density at radius 2 is 1.88 bits per heavy atom. The van der Waals surface area contributed by atoms with E-state index >= 15 is 0 Å². The van der Waals surface area contributed by atoms with Crippen molar-refractivity contribution in [2.24, 2.45) is 0 Å². The first-order chi connectivity index (χ1) is 20.2. The molecule has 5 rings (SSSR count). The van der Waals surface area contributed by atoms with Crippen molar-refractivity contribution in [2.75, 3.05) is 12.3 Å². The molecule has 43 heavy (non-hydrogen) atoms. The fourth-order valence-electron chi connectivity index (χ4n) is 5.83. The lowest BCUT2D eigenvalue weighted by Crippen LogP contribution is -2.47. The van der Waals surface area contributed by atoms with Crippen LogP contribution < -0.4 is 0 Å². The Bertz CT molecular complexity index is 1490. The highest BCUT2D eigenvalue weighted by molar-refractivity contribution is 9.10. The number of halogens is 1. The van der Waals surface area contributed by atoms with Gasteiger partial charge in [0.15, 0.2) is 0 Å². The van der Waals surface area contributed by atoms with E-state index in [2.05, 4.69) is 38.4 Å². The van der Waals surface area contributed by atoms with Gasteiger partial charge in [-0.15, -0.1) is 16.9 Å². The second-order valence-corrected chi connectivity index (χ2v) is 14.7. The maximum absolute atomic E-state index is 14.1. The van der Waals surface area contributed by atoms with E-state index < -0.39 is 23.5 Å². The van der Waals surface area contributed by atoms with E-state index in [4.69, 9.17) is 9.47 Å². The third kappa shape index (κ3) is 6.94. The number of hydrogen-bond donors (Lipinski definition) is 0. The van der Waals surface area contributed by atoms with Gasteiger partial charge in [0.1, 0.15) is 23.1 Å². The molecule has 1 unspecified atom stereocenters. The molecule has 0 bridgehead atoms.